The first kappa shape index (κ1) is 17.3. The molecule has 0 aliphatic carbocycles. The van der Waals surface area contributed by atoms with Crippen LogP contribution in [0.1, 0.15) is 22.8 Å². The van der Waals surface area contributed by atoms with E-state index in [1.807, 2.05) is 36.4 Å². The maximum absolute atomic E-state index is 12.4. The second-order valence-electron chi connectivity index (χ2n) is 6.22. The summed E-state index contributed by atoms with van der Waals surface area (Å²) in [5, 5.41) is 3.53. The molecule has 0 bridgehead atoms. The van der Waals surface area contributed by atoms with Crippen molar-refractivity contribution in [3.8, 4) is 11.5 Å². The van der Waals surface area contributed by atoms with Crippen LogP contribution in [0.25, 0.3) is 22.6 Å². The van der Waals surface area contributed by atoms with E-state index in [0.717, 1.165) is 12.0 Å². The van der Waals surface area contributed by atoms with Gasteiger partial charge in [0.15, 0.2) is 5.58 Å². The number of benzene rings is 3. The molecule has 1 heterocycles. The smallest absolute Gasteiger partial charge is 0.255 e. The molecule has 3 aromatic carbocycles. The maximum atomic E-state index is 12.4. The van der Waals surface area contributed by atoms with Crippen LogP contribution in [0.4, 0.5) is 5.69 Å². The van der Waals surface area contributed by atoms with E-state index in [4.69, 9.17) is 16.0 Å². The quantitative estimate of drug-likeness (QED) is 0.478. The van der Waals surface area contributed by atoms with Crippen molar-refractivity contribution in [1.29, 1.82) is 0 Å². The summed E-state index contributed by atoms with van der Waals surface area (Å²) in [6, 6.07) is 20.3. The maximum Gasteiger partial charge on any atom is 0.255 e. The lowest BCUT2D eigenvalue weighted by atomic mass is 10.1. The molecule has 1 amide bonds. The van der Waals surface area contributed by atoms with Gasteiger partial charge in [-0.05, 0) is 60.5 Å². The van der Waals surface area contributed by atoms with Crippen molar-refractivity contribution in [1.82, 2.24) is 4.98 Å². The fraction of sp³-hybridized carbons (Fsp3) is 0.0909. The van der Waals surface area contributed by atoms with Crippen molar-refractivity contribution in [3.63, 3.8) is 0 Å². The first-order valence-corrected chi connectivity index (χ1v) is 9.07. The Morgan fingerprint density at radius 3 is 2.63 bits per heavy atom. The minimum absolute atomic E-state index is 0.157. The molecule has 0 radical (unpaired) electrons. The second-order valence-corrected chi connectivity index (χ2v) is 6.65. The Morgan fingerprint density at radius 2 is 1.89 bits per heavy atom. The van der Waals surface area contributed by atoms with Crippen LogP contribution in [0.15, 0.2) is 71.1 Å². The molecule has 0 aliphatic heterocycles. The predicted octanol–water partition coefficient (Wildman–Crippen LogP) is 5.96. The molecule has 0 unspecified atom stereocenters. The Labute approximate surface area is 161 Å². The molecule has 5 heteroatoms. The van der Waals surface area contributed by atoms with Crippen molar-refractivity contribution in [2.45, 2.75) is 13.3 Å². The highest BCUT2D eigenvalue weighted by atomic mass is 35.5. The number of hydrogen-bond donors (Lipinski definition) is 1. The largest absolute Gasteiger partial charge is 0.436 e. The molecule has 134 valence electrons. The Balaban J connectivity index is 1.58. The van der Waals surface area contributed by atoms with E-state index in [2.05, 4.69) is 17.2 Å². The number of amides is 1. The van der Waals surface area contributed by atoms with Gasteiger partial charge < -0.3 is 9.73 Å². The number of rotatable bonds is 4. The van der Waals surface area contributed by atoms with Gasteiger partial charge in [0.2, 0.25) is 5.89 Å². The number of carbonyl (C=O) groups excluding carboxylic acids is 1. The zero-order valence-corrected chi connectivity index (χ0v) is 15.5. The molecule has 0 saturated heterocycles. The molecule has 27 heavy (non-hydrogen) atoms. The van der Waals surface area contributed by atoms with E-state index in [-0.39, 0.29) is 5.91 Å². The minimum Gasteiger partial charge on any atom is -0.436 e. The Hall–Kier alpha value is -3.11. The normalized spacial score (nSPS) is 10.9. The number of aromatic nitrogens is 1. The summed E-state index contributed by atoms with van der Waals surface area (Å²) in [5.41, 5.74) is 4.61. The lowest BCUT2D eigenvalue weighted by Gasteiger charge is -2.05. The van der Waals surface area contributed by atoms with Crippen LogP contribution in [0.2, 0.25) is 5.02 Å². The number of halogens is 1. The van der Waals surface area contributed by atoms with E-state index in [1.54, 1.807) is 30.3 Å². The summed E-state index contributed by atoms with van der Waals surface area (Å²) in [6.45, 7) is 2.08. The van der Waals surface area contributed by atoms with Gasteiger partial charge in [-0.3, -0.25) is 4.79 Å². The van der Waals surface area contributed by atoms with Gasteiger partial charge in [0.05, 0.1) is 0 Å². The van der Waals surface area contributed by atoms with Crippen LogP contribution in [0.5, 0.6) is 0 Å². The zero-order chi connectivity index (χ0) is 18.8. The van der Waals surface area contributed by atoms with Gasteiger partial charge in [-0.2, -0.15) is 0 Å². The van der Waals surface area contributed by atoms with Gasteiger partial charge in [-0.15, -0.1) is 0 Å². The molecule has 1 aromatic heterocycles. The molecule has 1 N–H and O–H groups in total. The third-order valence-corrected chi connectivity index (χ3v) is 4.58. The van der Waals surface area contributed by atoms with Crippen LogP contribution in [-0.4, -0.2) is 10.9 Å². The first-order chi connectivity index (χ1) is 13.1. The fourth-order valence-electron chi connectivity index (χ4n) is 2.85. The summed E-state index contributed by atoms with van der Waals surface area (Å²) in [4.78, 5) is 17.0. The lowest BCUT2D eigenvalue weighted by molar-refractivity contribution is 0.102. The molecule has 4 aromatic rings. The van der Waals surface area contributed by atoms with Crippen LogP contribution >= 0.6 is 11.6 Å². The molecule has 0 aliphatic rings. The Bertz CT molecular complexity index is 1120. The SMILES string of the molecule is CCc1ccc(C(=O)Nc2ccc3oc(-c4cccc(Cl)c4)nc3c2)cc1. The molecule has 0 atom stereocenters. The molecule has 4 nitrogen and oxygen atoms in total. The van der Waals surface area contributed by atoms with E-state index in [9.17, 15) is 4.79 Å². The topological polar surface area (TPSA) is 55.1 Å². The number of nitrogens with zero attached hydrogens (tertiary/aromatic N) is 1. The monoisotopic (exact) mass is 376 g/mol. The highest BCUT2D eigenvalue weighted by Gasteiger charge is 2.11. The standard InChI is InChI=1S/C22H17ClN2O2/c1-2-14-6-8-15(9-7-14)21(26)24-18-10-11-20-19(13-18)25-22(27-20)16-4-3-5-17(23)12-16/h3-13H,2H2,1H3,(H,24,26). The van der Waals surface area contributed by atoms with Gasteiger partial charge >= 0.3 is 0 Å². The predicted molar refractivity (Wildman–Crippen MR) is 108 cm³/mol. The average Bonchev–Trinajstić information content (AvgIpc) is 3.11. The summed E-state index contributed by atoms with van der Waals surface area (Å²) < 4.78 is 5.80. The summed E-state index contributed by atoms with van der Waals surface area (Å²) in [5.74, 6) is 0.335. The number of anilines is 1. The number of fused-ring (bicyclic) bond motifs is 1. The first-order valence-electron chi connectivity index (χ1n) is 8.69. The fourth-order valence-corrected chi connectivity index (χ4v) is 3.04. The average molecular weight is 377 g/mol. The second kappa shape index (κ2) is 7.25. The summed E-state index contributed by atoms with van der Waals surface area (Å²) >= 11 is 6.04. The van der Waals surface area contributed by atoms with Crippen LogP contribution < -0.4 is 5.32 Å². The molecule has 0 saturated carbocycles. The van der Waals surface area contributed by atoms with Crippen molar-refractivity contribution in [2.24, 2.45) is 0 Å². The zero-order valence-electron chi connectivity index (χ0n) is 14.7. The van der Waals surface area contributed by atoms with E-state index in [0.29, 0.717) is 33.3 Å². The highest BCUT2D eigenvalue weighted by Crippen LogP contribution is 2.27. The summed E-state index contributed by atoms with van der Waals surface area (Å²) in [6.07, 6.45) is 0.944. The third kappa shape index (κ3) is 3.71. The number of carbonyl (C=O) groups is 1. The highest BCUT2D eigenvalue weighted by molar-refractivity contribution is 6.30. The van der Waals surface area contributed by atoms with Gasteiger partial charge in [-0.1, -0.05) is 36.7 Å². The third-order valence-electron chi connectivity index (χ3n) is 4.34. The molecule has 4 rings (SSSR count). The van der Waals surface area contributed by atoms with Gasteiger partial charge in [0.1, 0.15) is 5.52 Å². The summed E-state index contributed by atoms with van der Waals surface area (Å²) in [7, 11) is 0. The molecular formula is C22H17ClN2O2. The van der Waals surface area contributed by atoms with Crippen molar-refractivity contribution < 1.29 is 9.21 Å². The molecule has 0 fully saturated rings. The van der Waals surface area contributed by atoms with Gasteiger partial charge in [-0.25, -0.2) is 4.98 Å². The lowest BCUT2D eigenvalue weighted by Crippen LogP contribution is -2.11. The number of aryl methyl sites for hydroxylation is 1. The van der Waals surface area contributed by atoms with Gasteiger partial charge in [0, 0.05) is 21.8 Å². The number of oxazole rings is 1. The number of nitrogens with one attached hydrogen (secondary N) is 1. The van der Waals surface area contributed by atoms with E-state index >= 15 is 0 Å². The molecule has 0 spiro atoms. The van der Waals surface area contributed by atoms with Crippen molar-refractivity contribution in [2.75, 3.05) is 5.32 Å². The van der Waals surface area contributed by atoms with Crippen LogP contribution in [0.3, 0.4) is 0 Å². The van der Waals surface area contributed by atoms with Crippen molar-refractivity contribution in [3.05, 3.63) is 82.9 Å². The Morgan fingerprint density at radius 1 is 1.07 bits per heavy atom. The van der Waals surface area contributed by atoms with Crippen LogP contribution in [0, 0.1) is 0 Å². The van der Waals surface area contributed by atoms with Crippen LogP contribution in [-0.2, 0) is 6.42 Å². The Kier molecular flexibility index (Phi) is 4.65. The van der Waals surface area contributed by atoms with Gasteiger partial charge in [0.25, 0.3) is 5.91 Å². The van der Waals surface area contributed by atoms with E-state index in [1.165, 1.54) is 5.56 Å². The van der Waals surface area contributed by atoms with E-state index < -0.39 is 0 Å². The van der Waals surface area contributed by atoms with Crippen molar-refractivity contribution >= 4 is 34.3 Å². The number of hydrogen-bond acceptors (Lipinski definition) is 3. The molecular weight excluding hydrogens is 360 g/mol. The minimum atomic E-state index is -0.157.